The molecule has 1 aromatic heterocycles. The molecule has 164 valence electrons. The summed E-state index contributed by atoms with van der Waals surface area (Å²) < 4.78 is 5.59. The van der Waals surface area contributed by atoms with E-state index in [0.717, 1.165) is 40.8 Å². The van der Waals surface area contributed by atoms with E-state index in [1.807, 2.05) is 24.3 Å². The molecule has 8 heteroatoms. The predicted molar refractivity (Wildman–Crippen MR) is 118 cm³/mol. The molecule has 2 aromatic carbocycles. The van der Waals surface area contributed by atoms with Crippen LogP contribution < -0.4 is 5.32 Å². The summed E-state index contributed by atoms with van der Waals surface area (Å²) in [5.41, 5.74) is 5.40. The second kappa shape index (κ2) is 8.41. The van der Waals surface area contributed by atoms with Crippen LogP contribution in [0.5, 0.6) is 0 Å². The SMILES string of the molecule is O=C(NCc1ccc(Cl)cc1)c1noc2c1CCc1cc(CN3CC(C(=O)O)C3)ccc1-2. The summed E-state index contributed by atoms with van der Waals surface area (Å²) in [4.78, 5) is 25.8. The van der Waals surface area contributed by atoms with Crippen LogP contribution in [0.25, 0.3) is 11.3 Å². The van der Waals surface area contributed by atoms with Crippen molar-refractivity contribution in [3.8, 4) is 11.3 Å². The second-order valence-electron chi connectivity index (χ2n) is 8.37. The maximum absolute atomic E-state index is 12.7. The van der Waals surface area contributed by atoms with E-state index in [4.69, 9.17) is 21.2 Å². The minimum Gasteiger partial charge on any atom is -0.481 e. The van der Waals surface area contributed by atoms with Gasteiger partial charge >= 0.3 is 5.97 Å². The van der Waals surface area contributed by atoms with Crippen LogP contribution in [0.1, 0.15) is 32.7 Å². The quantitative estimate of drug-likeness (QED) is 0.595. The van der Waals surface area contributed by atoms with E-state index < -0.39 is 5.97 Å². The minimum absolute atomic E-state index is 0.254. The number of benzene rings is 2. The van der Waals surface area contributed by atoms with Gasteiger partial charge in [0.05, 0.1) is 5.92 Å². The first-order chi connectivity index (χ1) is 15.5. The molecule has 2 aliphatic rings. The lowest BCUT2D eigenvalue weighted by Gasteiger charge is -2.36. The summed E-state index contributed by atoms with van der Waals surface area (Å²) in [5.74, 6) is -0.577. The Morgan fingerprint density at radius 1 is 1.12 bits per heavy atom. The fraction of sp³-hybridized carbons (Fsp3) is 0.292. The first-order valence-electron chi connectivity index (χ1n) is 10.6. The number of carbonyl (C=O) groups is 2. The van der Waals surface area contributed by atoms with Crippen molar-refractivity contribution in [1.82, 2.24) is 15.4 Å². The van der Waals surface area contributed by atoms with Crippen LogP contribution in [0.2, 0.25) is 5.02 Å². The summed E-state index contributed by atoms with van der Waals surface area (Å²) >= 11 is 5.90. The maximum atomic E-state index is 12.7. The zero-order valence-electron chi connectivity index (χ0n) is 17.3. The standard InChI is InChI=1S/C24H22ClN3O4/c25-18-5-1-14(2-6-18)10-26-23(29)21-20-8-4-16-9-15(3-7-19(16)22(20)32-27-21)11-28-12-17(13-28)24(30)31/h1-3,5-7,9,17H,4,8,10-13H2,(H,26,29)(H,30,31). The zero-order valence-corrected chi connectivity index (χ0v) is 18.1. The van der Waals surface area contributed by atoms with Gasteiger partial charge in [-0.05, 0) is 41.7 Å². The Hall–Kier alpha value is -3.16. The molecule has 1 amide bonds. The molecule has 1 saturated heterocycles. The number of likely N-dealkylation sites (tertiary alicyclic amines) is 1. The third-order valence-corrected chi connectivity index (χ3v) is 6.39. The first kappa shape index (κ1) is 20.7. The van der Waals surface area contributed by atoms with Gasteiger partial charge in [-0.2, -0.15) is 0 Å². The third-order valence-electron chi connectivity index (χ3n) is 6.14. The van der Waals surface area contributed by atoms with Crippen molar-refractivity contribution >= 4 is 23.5 Å². The van der Waals surface area contributed by atoms with Gasteiger partial charge in [0, 0.05) is 42.3 Å². The van der Waals surface area contributed by atoms with E-state index in [9.17, 15) is 9.59 Å². The van der Waals surface area contributed by atoms with Gasteiger partial charge in [-0.1, -0.05) is 47.1 Å². The molecule has 0 spiro atoms. The Kier molecular flexibility index (Phi) is 5.45. The molecular weight excluding hydrogens is 430 g/mol. The number of nitrogens with one attached hydrogen (secondary N) is 1. The van der Waals surface area contributed by atoms with Gasteiger partial charge in [0.25, 0.3) is 5.91 Å². The molecule has 5 rings (SSSR count). The van der Waals surface area contributed by atoms with Gasteiger partial charge in [-0.15, -0.1) is 0 Å². The molecule has 0 bridgehead atoms. The number of hydrogen-bond acceptors (Lipinski definition) is 5. The molecule has 0 atom stereocenters. The van der Waals surface area contributed by atoms with E-state index in [1.165, 1.54) is 0 Å². The second-order valence-corrected chi connectivity index (χ2v) is 8.81. The van der Waals surface area contributed by atoms with Crippen LogP contribution in [0.4, 0.5) is 0 Å². The highest BCUT2D eigenvalue weighted by atomic mass is 35.5. The molecule has 0 unspecified atom stereocenters. The number of aliphatic carboxylic acids is 1. The number of aromatic nitrogens is 1. The van der Waals surface area contributed by atoms with Crippen molar-refractivity contribution < 1.29 is 19.2 Å². The summed E-state index contributed by atoms with van der Waals surface area (Å²) in [6.07, 6.45) is 1.48. The van der Waals surface area contributed by atoms with E-state index >= 15 is 0 Å². The number of amides is 1. The lowest BCUT2D eigenvalue weighted by molar-refractivity contribution is -0.147. The monoisotopic (exact) mass is 451 g/mol. The average molecular weight is 452 g/mol. The molecule has 1 aliphatic heterocycles. The normalized spacial score (nSPS) is 15.5. The largest absolute Gasteiger partial charge is 0.481 e. The van der Waals surface area contributed by atoms with Gasteiger partial charge in [0.2, 0.25) is 0 Å². The third kappa shape index (κ3) is 4.01. The molecule has 3 aromatic rings. The summed E-state index contributed by atoms with van der Waals surface area (Å²) in [5, 5.41) is 16.7. The lowest BCUT2D eigenvalue weighted by atomic mass is 9.88. The van der Waals surface area contributed by atoms with Crippen molar-refractivity contribution in [1.29, 1.82) is 0 Å². The Bertz CT molecular complexity index is 1180. The van der Waals surface area contributed by atoms with Gasteiger partial charge in [-0.3, -0.25) is 14.5 Å². The molecule has 32 heavy (non-hydrogen) atoms. The van der Waals surface area contributed by atoms with Crippen LogP contribution >= 0.6 is 11.6 Å². The first-order valence-corrected chi connectivity index (χ1v) is 10.9. The number of carboxylic acids is 1. The number of halogens is 1. The summed E-state index contributed by atoms with van der Waals surface area (Å²) in [6.45, 7) is 2.30. The van der Waals surface area contributed by atoms with Gasteiger partial charge in [0.1, 0.15) is 0 Å². The highest BCUT2D eigenvalue weighted by molar-refractivity contribution is 6.30. The summed E-state index contributed by atoms with van der Waals surface area (Å²) in [6, 6.07) is 13.5. The Morgan fingerprint density at radius 2 is 1.88 bits per heavy atom. The number of fused-ring (bicyclic) bond motifs is 3. The van der Waals surface area contributed by atoms with Crippen LogP contribution in [-0.4, -0.2) is 40.1 Å². The van der Waals surface area contributed by atoms with Crippen molar-refractivity contribution in [3.05, 3.63) is 75.4 Å². The van der Waals surface area contributed by atoms with Crippen LogP contribution in [0.15, 0.2) is 47.0 Å². The number of carboxylic acid groups (broad SMARTS) is 1. The molecule has 2 heterocycles. The lowest BCUT2D eigenvalue weighted by Crippen LogP contribution is -2.49. The van der Waals surface area contributed by atoms with Gasteiger partial charge < -0.3 is 14.9 Å². The van der Waals surface area contributed by atoms with Gasteiger partial charge in [0.15, 0.2) is 11.5 Å². The Morgan fingerprint density at radius 3 is 2.62 bits per heavy atom. The predicted octanol–water partition coefficient (Wildman–Crippen LogP) is 3.54. The van der Waals surface area contributed by atoms with E-state index in [2.05, 4.69) is 21.4 Å². The maximum Gasteiger partial charge on any atom is 0.309 e. The van der Waals surface area contributed by atoms with E-state index in [0.29, 0.717) is 42.5 Å². The number of hydrogen-bond donors (Lipinski definition) is 2. The fourth-order valence-electron chi connectivity index (χ4n) is 4.35. The van der Waals surface area contributed by atoms with Crippen molar-refractivity contribution in [2.75, 3.05) is 13.1 Å². The minimum atomic E-state index is -0.724. The van der Waals surface area contributed by atoms with E-state index in [-0.39, 0.29) is 11.8 Å². The molecule has 1 aliphatic carbocycles. The highest BCUT2D eigenvalue weighted by Gasteiger charge is 2.32. The van der Waals surface area contributed by atoms with Crippen molar-refractivity contribution in [2.24, 2.45) is 5.92 Å². The Balaban J connectivity index is 1.27. The molecule has 2 N–H and O–H groups in total. The molecular formula is C24H22ClN3O4. The number of rotatable bonds is 6. The fourth-order valence-corrected chi connectivity index (χ4v) is 4.47. The molecule has 0 saturated carbocycles. The van der Waals surface area contributed by atoms with Crippen molar-refractivity contribution in [3.63, 3.8) is 0 Å². The number of aryl methyl sites for hydroxylation is 1. The van der Waals surface area contributed by atoms with Crippen LogP contribution in [0.3, 0.4) is 0 Å². The molecule has 7 nitrogen and oxygen atoms in total. The smallest absolute Gasteiger partial charge is 0.309 e. The molecule has 0 radical (unpaired) electrons. The zero-order chi connectivity index (χ0) is 22.2. The van der Waals surface area contributed by atoms with Crippen LogP contribution in [0, 0.1) is 5.92 Å². The topological polar surface area (TPSA) is 95.7 Å². The molecule has 1 fully saturated rings. The van der Waals surface area contributed by atoms with Crippen molar-refractivity contribution in [2.45, 2.75) is 25.9 Å². The number of nitrogens with zero attached hydrogens (tertiary/aromatic N) is 2. The summed E-state index contributed by atoms with van der Waals surface area (Å²) in [7, 11) is 0. The van der Waals surface area contributed by atoms with Gasteiger partial charge in [-0.25, -0.2) is 0 Å². The Labute approximate surface area is 190 Å². The van der Waals surface area contributed by atoms with Crippen LogP contribution in [-0.2, 0) is 30.7 Å². The van der Waals surface area contributed by atoms with E-state index in [1.54, 1.807) is 12.1 Å². The number of carbonyl (C=O) groups excluding carboxylic acids is 1. The highest BCUT2D eigenvalue weighted by Crippen LogP contribution is 2.36. The average Bonchev–Trinajstić information content (AvgIpc) is 3.19.